The van der Waals surface area contributed by atoms with Crippen LogP contribution in [0.25, 0.3) is 11.3 Å². The van der Waals surface area contributed by atoms with Crippen LogP contribution in [0.15, 0.2) is 30.7 Å². The molecule has 1 atom stereocenters. The summed E-state index contributed by atoms with van der Waals surface area (Å²) in [5, 5.41) is 12.9. The summed E-state index contributed by atoms with van der Waals surface area (Å²) in [6.45, 7) is 3.19. The summed E-state index contributed by atoms with van der Waals surface area (Å²) in [5.41, 5.74) is 2.52. The van der Waals surface area contributed by atoms with Crippen LogP contribution in [0, 0.1) is 5.92 Å². The van der Waals surface area contributed by atoms with Gasteiger partial charge in [-0.1, -0.05) is 0 Å². The zero-order chi connectivity index (χ0) is 18.1. The van der Waals surface area contributed by atoms with E-state index in [1.165, 1.54) is 0 Å². The van der Waals surface area contributed by atoms with Crippen LogP contribution in [0.1, 0.15) is 43.0 Å². The van der Waals surface area contributed by atoms with Gasteiger partial charge in [0, 0.05) is 17.2 Å². The number of ether oxygens (including phenoxy) is 1. The number of carbonyl (C=O) groups excluding carboxylic acids is 1. The molecule has 2 N–H and O–H groups in total. The molecule has 0 spiro atoms. The molecule has 1 fully saturated rings. The highest BCUT2D eigenvalue weighted by Crippen LogP contribution is 2.33. The zero-order valence-corrected chi connectivity index (χ0v) is 15.0. The quantitative estimate of drug-likeness (QED) is 0.887. The predicted octanol–water partition coefficient (Wildman–Crippen LogP) is 2.61. The second-order valence-electron chi connectivity index (χ2n) is 7.36. The smallest absolute Gasteiger partial charge is 0.251 e. The van der Waals surface area contributed by atoms with Gasteiger partial charge in [-0.05, 0) is 56.7 Å². The van der Waals surface area contributed by atoms with Gasteiger partial charge in [0.15, 0.2) is 0 Å². The zero-order valence-electron chi connectivity index (χ0n) is 15.0. The van der Waals surface area contributed by atoms with Gasteiger partial charge in [0.05, 0.1) is 30.9 Å². The number of nitrogens with zero attached hydrogens (tertiary/aromatic N) is 2. The molecule has 2 heterocycles. The minimum atomic E-state index is -0.263. The SMILES string of the molecule is CC(O)C1CCC(NC(=O)c2ccc3c(c2)-c2cncn2CCO3)CC1. The molecule has 1 unspecified atom stereocenters. The summed E-state index contributed by atoms with van der Waals surface area (Å²) >= 11 is 0. The second-order valence-corrected chi connectivity index (χ2v) is 7.36. The largest absolute Gasteiger partial charge is 0.491 e. The third-order valence-corrected chi connectivity index (χ3v) is 5.61. The van der Waals surface area contributed by atoms with Crippen molar-refractivity contribution < 1.29 is 14.6 Å². The Balaban J connectivity index is 1.49. The van der Waals surface area contributed by atoms with Crippen molar-refractivity contribution in [2.45, 2.75) is 51.3 Å². The van der Waals surface area contributed by atoms with Gasteiger partial charge in [0.25, 0.3) is 5.91 Å². The highest BCUT2D eigenvalue weighted by Gasteiger charge is 2.26. The van der Waals surface area contributed by atoms with Crippen molar-refractivity contribution >= 4 is 5.91 Å². The molecule has 1 aliphatic heterocycles. The number of hydrogen-bond acceptors (Lipinski definition) is 4. The number of amides is 1. The van der Waals surface area contributed by atoms with E-state index in [0.717, 1.165) is 49.2 Å². The van der Waals surface area contributed by atoms with Crippen molar-refractivity contribution in [3.8, 4) is 17.0 Å². The number of fused-ring (bicyclic) bond motifs is 3. The van der Waals surface area contributed by atoms with Gasteiger partial charge in [-0.15, -0.1) is 0 Å². The van der Waals surface area contributed by atoms with Crippen LogP contribution in [0.5, 0.6) is 5.75 Å². The van der Waals surface area contributed by atoms with Crippen molar-refractivity contribution in [3.63, 3.8) is 0 Å². The molecule has 1 aromatic heterocycles. The topological polar surface area (TPSA) is 76.4 Å². The highest BCUT2D eigenvalue weighted by molar-refractivity contribution is 5.96. The molecule has 1 aliphatic carbocycles. The second kappa shape index (κ2) is 7.11. The fourth-order valence-electron chi connectivity index (χ4n) is 3.99. The number of carbonyl (C=O) groups is 1. The van der Waals surface area contributed by atoms with Gasteiger partial charge in [-0.2, -0.15) is 0 Å². The molecule has 1 saturated carbocycles. The summed E-state index contributed by atoms with van der Waals surface area (Å²) in [6, 6.07) is 5.77. The van der Waals surface area contributed by atoms with E-state index in [-0.39, 0.29) is 18.1 Å². The van der Waals surface area contributed by atoms with E-state index in [2.05, 4.69) is 10.3 Å². The van der Waals surface area contributed by atoms with Gasteiger partial charge in [-0.3, -0.25) is 4.79 Å². The summed E-state index contributed by atoms with van der Waals surface area (Å²) in [7, 11) is 0. The Morgan fingerprint density at radius 2 is 2.15 bits per heavy atom. The number of nitrogens with one attached hydrogen (secondary N) is 1. The van der Waals surface area contributed by atoms with Crippen molar-refractivity contribution in [2.24, 2.45) is 5.92 Å². The lowest BCUT2D eigenvalue weighted by Gasteiger charge is -2.30. The van der Waals surface area contributed by atoms with E-state index < -0.39 is 0 Å². The van der Waals surface area contributed by atoms with Crippen LogP contribution in [0.2, 0.25) is 0 Å². The average Bonchev–Trinajstić information content (AvgIpc) is 3.04. The first kappa shape index (κ1) is 17.1. The van der Waals surface area contributed by atoms with E-state index in [9.17, 15) is 9.90 Å². The minimum Gasteiger partial charge on any atom is -0.491 e. The van der Waals surface area contributed by atoms with Gasteiger partial charge in [-0.25, -0.2) is 4.98 Å². The van der Waals surface area contributed by atoms with Crippen LogP contribution in [0.4, 0.5) is 0 Å². The number of imidazole rings is 1. The highest BCUT2D eigenvalue weighted by atomic mass is 16.5. The minimum absolute atomic E-state index is 0.0522. The lowest BCUT2D eigenvalue weighted by Crippen LogP contribution is -2.39. The average molecular weight is 355 g/mol. The third-order valence-electron chi connectivity index (χ3n) is 5.61. The van der Waals surface area contributed by atoms with Crippen LogP contribution in [0.3, 0.4) is 0 Å². The third kappa shape index (κ3) is 3.33. The van der Waals surface area contributed by atoms with E-state index in [4.69, 9.17) is 4.74 Å². The Labute approximate surface area is 153 Å². The van der Waals surface area contributed by atoms with Gasteiger partial charge in [0.1, 0.15) is 12.4 Å². The van der Waals surface area contributed by atoms with E-state index in [1.54, 1.807) is 6.33 Å². The maximum Gasteiger partial charge on any atom is 0.251 e. The predicted molar refractivity (Wildman–Crippen MR) is 98.1 cm³/mol. The molecular weight excluding hydrogens is 330 g/mol. The molecular formula is C20H25N3O3. The van der Waals surface area contributed by atoms with E-state index in [0.29, 0.717) is 18.1 Å². The van der Waals surface area contributed by atoms with Gasteiger partial charge in [0.2, 0.25) is 0 Å². The Bertz CT molecular complexity index is 791. The Morgan fingerprint density at radius 3 is 2.92 bits per heavy atom. The van der Waals surface area contributed by atoms with Crippen LogP contribution >= 0.6 is 0 Å². The number of aliphatic hydroxyl groups is 1. The molecule has 0 radical (unpaired) electrons. The van der Waals surface area contributed by atoms with E-state index in [1.807, 2.05) is 35.9 Å². The molecule has 0 saturated heterocycles. The van der Waals surface area contributed by atoms with Crippen molar-refractivity contribution in [1.82, 2.24) is 14.9 Å². The first-order chi connectivity index (χ1) is 12.6. The van der Waals surface area contributed by atoms with Crippen LogP contribution in [-0.4, -0.2) is 39.3 Å². The monoisotopic (exact) mass is 355 g/mol. The Morgan fingerprint density at radius 1 is 1.35 bits per heavy atom. The van der Waals surface area contributed by atoms with Crippen LogP contribution < -0.4 is 10.1 Å². The summed E-state index contributed by atoms with van der Waals surface area (Å²) in [5.74, 6) is 1.09. The maximum atomic E-state index is 12.7. The maximum absolute atomic E-state index is 12.7. The first-order valence-corrected chi connectivity index (χ1v) is 9.38. The summed E-state index contributed by atoms with van der Waals surface area (Å²) in [6.07, 6.45) is 7.10. The van der Waals surface area contributed by atoms with Crippen LogP contribution in [-0.2, 0) is 6.54 Å². The molecule has 2 aliphatic rings. The molecule has 0 bridgehead atoms. The Hall–Kier alpha value is -2.34. The number of benzene rings is 1. The van der Waals surface area contributed by atoms with Crippen molar-refractivity contribution in [2.75, 3.05) is 6.61 Å². The number of aliphatic hydroxyl groups excluding tert-OH is 1. The molecule has 6 heteroatoms. The first-order valence-electron chi connectivity index (χ1n) is 9.38. The number of rotatable bonds is 3. The molecule has 6 nitrogen and oxygen atoms in total. The van der Waals surface area contributed by atoms with E-state index >= 15 is 0 Å². The molecule has 138 valence electrons. The molecule has 4 rings (SSSR count). The molecule has 2 aromatic rings. The fraction of sp³-hybridized carbons (Fsp3) is 0.500. The van der Waals surface area contributed by atoms with Crippen molar-refractivity contribution in [3.05, 3.63) is 36.3 Å². The summed E-state index contributed by atoms with van der Waals surface area (Å²) in [4.78, 5) is 16.9. The number of hydrogen-bond donors (Lipinski definition) is 2. The fourth-order valence-corrected chi connectivity index (χ4v) is 3.99. The Kier molecular flexibility index (Phi) is 4.68. The lowest BCUT2D eigenvalue weighted by atomic mass is 9.83. The molecule has 1 amide bonds. The van der Waals surface area contributed by atoms with Gasteiger partial charge >= 0.3 is 0 Å². The lowest BCUT2D eigenvalue weighted by molar-refractivity contribution is 0.0832. The standard InChI is InChI=1S/C20H25N3O3/c1-13(24)14-2-5-16(6-3-14)22-20(25)15-4-7-19-17(10-15)18-11-21-12-23(18)8-9-26-19/h4,7,10-14,16,24H,2-3,5-6,8-9H2,1H3,(H,22,25). The van der Waals surface area contributed by atoms with Gasteiger partial charge < -0.3 is 19.7 Å². The summed E-state index contributed by atoms with van der Waals surface area (Å²) < 4.78 is 7.85. The molecule has 1 aromatic carbocycles. The van der Waals surface area contributed by atoms with Crippen molar-refractivity contribution in [1.29, 1.82) is 0 Å². The normalized spacial score (nSPS) is 23.2. The molecule has 26 heavy (non-hydrogen) atoms. The number of aromatic nitrogens is 2.